The third-order valence-corrected chi connectivity index (χ3v) is 6.53. The number of aromatic amines is 1. The molecule has 196 valence electrons. The number of rotatable bonds is 9. The van der Waals surface area contributed by atoms with Crippen LogP contribution in [-0.2, 0) is 22.6 Å². The van der Waals surface area contributed by atoms with Crippen molar-refractivity contribution < 1.29 is 19.1 Å². The standard InChI is InChI=1S/C31H26ClN3O4/c1-38-31(37)28(17-20-7-14-25(15-8-20)39-19-21-5-3-2-4-6-21)35-30(36)29-33-26-16-11-23(18-27(26)34-29)22-9-12-24(32)13-10-22/h2-16,18,28H,17,19H2,1H3,(H,33,34)(H,35,36). The van der Waals surface area contributed by atoms with Crippen LogP contribution in [0.25, 0.3) is 22.2 Å². The van der Waals surface area contributed by atoms with Crippen molar-refractivity contribution >= 4 is 34.5 Å². The molecule has 8 heteroatoms. The Hall–Kier alpha value is -4.62. The number of carbonyl (C=O) groups excluding carboxylic acids is 2. The summed E-state index contributed by atoms with van der Waals surface area (Å²) in [6, 6.07) is 29.6. The summed E-state index contributed by atoms with van der Waals surface area (Å²) in [6.07, 6.45) is 0.248. The number of esters is 1. The van der Waals surface area contributed by atoms with Gasteiger partial charge in [-0.3, -0.25) is 4.79 Å². The number of H-pyrrole nitrogens is 1. The SMILES string of the molecule is COC(=O)C(Cc1ccc(OCc2ccccc2)cc1)NC(=O)c1nc2ccc(-c3ccc(Cl)cc3)cc2[nH]1. The summed E-state index contributed by atoms with van der Waals surface area (Å²) in [5.74, 6) is -0.232. The molecule has 0 fully saturated rings. The molecule has 7 nitrogen and oxygen atoms in total. The van der Waals surface area contributed by atoms with E-state index in [2.05, 4.69) is 15.3 Å². The van der Waals surface area contributed by atoms with Gasteiger partial charge >= 0.3 is 5.97 Å². The summed E-state index contributed by atoms with van der Waals surface area (Å²) in [5, 5.41) is 3.41. The highest BCUT2D eigenvalue weighted by atomic mass is 35.5. The van der Waals surface area contributed by atoms with Gasteiger partial charge in [-0.25, -0.2) is 9.78 Å². The molecule has 0 aliphatic rings. The van der Waals surface area contributed by atoms with Gasteiger partial charge < -0.3 is 19.8 Å². The zero-order chi connectivity index (χ0) is 27.2. The van der Waals surface area contributed by atoms with E-state index < -0.39 is 17.9 Å². The number of halogens is 1. The summed E-state index contributed by atoms with van der Waals surface area (Å²) in [5.41, 5.74) is 5.20. The van der Waals surface area contributed by atoms with Crippen molar-refractivity contribution in [1.29, 1.82) is 0 Å². The molecule has 2 N–H and O–H groups in total. The van der Waals surface area contributed by atoms with E-state index >= 15 is 0 Å². The highest BCUT2D eigenvalue weighted by Crippen LogP contribution is 2.25. The molecule has 4 aromatic carbocycles. The first-order chi connectivity index (χ1) is 19.0. The lowest BCUT2D eigenvalue weighted by molar-refractivity contribution is -0.142. The van der Waals surface area contributed by atoms with Crippen LogP contribution in [0.4, 0.5) is 0 Å². The molecular weight excluding hydrogens is 514 g/mol. The van der Waals surface area contributed by atoms with Crippen molar-refractivity contribution in [2.24, 2.45) is 0 Å². The molecule has 1 amide bonds. The van der Waals surface area contributed by atoms with Crippen LogP contribution in [0.2, 0.25) is 5.02 Å². The Morgan fingerprint density at radius 1 is 0.897 bits per heavy atom. The fraction of sp³-hybridized carbons (Fsp3) is 0.129. The summed E-state index contributed by atoms with van der Waals surface area (Å²) in [7, 11) is 1.29. The second kappa shape index (κ2) is 11.8. The second-order valence-corrected chi connectivity index (χ2v) is 9.43. The molecule has 39 heavy (non-hydrogen) atoms. The van der Waals surface area contributed by atoms with Gasteiger partial charge in [0.05, 0.1) is 18.1 Å². The van der Waals surface area contributed by atoms with Crippen LogP contribution in [0.15, 0.2) is 97.1 Å². The zero-order valence-corrected chi connectivity index (χ0v) is 21.9. The fourth-order valence-electron chi connectivity index (χ4n) is 4.20. The quantitative estimate of drug-likeness (QED) is 0.225. The number of aromatic nitrogens is 2. The van der Waals surface area contributed by atoms with Crippen molar-refractivity contribution in [2.45, 2.75) is 19.1 Å². The average Bonchev–Trinajstić information content (AvgIpc) is 3.41. The molecule has 0 aliphatic heterocycles. The number of imidazole rings is 1. The van der Waals surface area contributed by atoms with Gasteiger partial charge in [-0.2, -0.15) is 0 Å². The molecule has 0 saturated carbocycles. The van der Waals surface area contributed by atoms with Crippen LogP contribution in [0.5, 0.6) is 5.75 Å². The first-order valence-electron chi connectivity index (χ1n) is 12.4. The molecule has 0 bridgehead atoms. The van der Waals surface area contributed by atoms with E-state index in [0.29, 0.717) is 28.4 Å². The molecular formula is C31H26ClN3O4. The monoisotopic (exact) mass is 539 g/mol. The zero-order valence-electron chi connectivity index (χ0n) is 21.2. The summed E-state index contributed by atoms with van der Waals surface area (Å²) < 4.78 is 10.8. The van der Waals surface area contributed by atoms with Gasteiger partial charge in [0, 0.05) is 11.4 Å². The van der Waals surface area contributed by atoms with Crippen molar-refractivity contribution in [1.82, 2.24) is 15.3 Å². The van der Waals surface area contributed by atoms with E-state index in [4.69, 9.17) is 21.1 Å². The van der Waals surface area contributed by atoms with Gasteiger partial charge in [0.15, 0.2) is 5.82 Å². The third kappa shape index (κ3) is 6.45. The van der Waals surface area contributed by atoms with E-state index in [-0.39, 0.29) is 12.2 Å². The molecule has 1 heterocycles. The number of nitrogens with zero attached hydrogens (tertiary/aromatic N) is 1. The van der Waals surface area contributed by atoms with E-state index in [0.717, 1.165) is 22.3 Å². The molecule has 0 radical (unpaired) electrons. The van der Waals surface area contributed by atoms with Gasteiger partial charge in [0.2, 0.25) is 0 Å². The van der Waals surface area contributed by atoms with E-state index in [9.17, 15) is 9.59 Å². The number of ether oxygens (including phenoxy) is 2. The molecule has 5 aromatic rings. The Morgan fingerprint density at radius 3 is 2.33 bits per heavy atom. The summed E-state index contributed by atoms with van der Waals surface area (Å²) in [4.78, 5) is 33.0. The van der Waals surface area contributed by atoms with Crippen molar-refractivity contribution in [2.75, 3.05) is 7.11 Å². The predicted octanol–water partition coefficient (Wildman–Crippen LogP) is 5.98. The van der Waals surface area contributed by atoms with Gasteiger partial charge in [-0.15, -0.1) is 0 Å². The number of hydrogen-bond acceptors (Lipinski definition) is 5. The Morgan fingerprint density at radius 2 is 1.62 bits per heavy atom. The average molecular weight is 540 g/mol. The number of nitrogens with one attached hydrogen (secondary N) is 2. The maximum Gasteiger partial charge on any atom is 0.328 e. The second-order valence-electron chi connectivity index (χ2n) is 9.00. The van der Waals surface area contributed by atoms with Crippen LogP contribution < -0.4 is 10.1 Å². The number of hydrogen-bond donors (Lipinski definition) is 2. The van der Waals surface area contributed by atoms with Crippen molar-refractivity contribution in [3.05, 3.63) is 119 Å². The van der Waals surface area contributed by atoms with Gasteiger partial charge in [0.1, 0.15) is 18.4 Å². The minimum Gasteiger partial charge on any atom is -0.489 e. The van der Waals surface area contributed by atoms with Crippen LogP contribution >= 0.6 is 11.6 Å². The number of amides is 1. The lowest BCUT2D eigenvalue weighted by atomic mass is 10.1. The molecule has 1 unspecified atom stereocenters. The van der Waals surface area contributed by atoms with Crippen LogP contribution in [-0.4, -0.2) is 35.0 Å². The summed E-state index contributed by atoms with van der Waals surface area (Å²) in [6.45, 7) is 0.458. The molecule has 0 aliphatic carbocycles. The van der Waals surface area contributed by atoms with Gasteiger partial charge in [-0.1, -0.05) is 72.3 Å². The smallest absolute Gasteiger partial charge is 0.328 e. The Balaban J connectivity index is 1.26. The van der Waals surface area contributed by atoms with E-state index in [1.54, 1.807) is 0 Å². The van der Waals surface area contributed by atoms with Crippen LogP contribution in [0, 0.1) is 0 Å². The minimum absolute atomic E-state index is 0.108. The van der Waals surface area contributed by atoms with Crippen LogP contribution in [0.1, 0.15) is 21.7 Å². The Kier molecular flexibility index (Phi) is 7.89. The van der Waals surface area contributed by atoms with E-state index in [1.165, 1.54) is 7.11 Å². The van der Waals surface area contributed by atoms with Crippen molar-refractivity contribution in [3.63, 3.8) is 0 Å². The van der Waals surface area contributed by atoms with Gasteiger partial charge in [-0.05, 0) is 58.7 Å². The Bertz CT molecular complexity index is 1580. The first-order valence-corrected chi connectivity index (χ1v) is 12.8. The highest BCUT2D eigenvalue weighted by molar-refractivity contribution is 6.30. The number of benzene rings is 4. The predicted molar refractivity (Wildman–Crippen MR) is 151 cm³/mol. The van der Waals surface area contributed by atoms with Crippen molar-refractivity contribution in [3.8, 4) is 16.9 Å². The molecule has 0 saturated heterocycles. The van der Waals surface area contributed by atoms with Crippen LogP contribution in [0.3, 0.4) is 0 Å². The first kappa shape index (κ1) is 26.0. The lowest BCUT2D eigenvalue weighted by Gasteiger charge is -2.16. The van der Waals surface area contributed by atoms with E-state index in [1.807, 2.05) is 97.1 Å². The largest absolute Gasteiger partial charge is 0.489 e. The highest BCUT2D eigenvalue weighted by Gasteiger charge is 2.24. The third-order valence-electron chi connectivity index (χ3n) is 6.28. The fourth-order valence-corrected chi connectivity index (χ4v) is 4.33. The molecule has 1 aromatic heterocycles. The maximum atomic E-state index is 13.1. The molecule has 0 spiro atoms. The number of methoxy groups -OCH3 is 1. The lowest BCUT2D eigenvalue weighted by Crippen LogP contribution is -2.43. The van der Waals surface area contributed by atoms with Gasteiger partial charge in [0.25, 0.3) is 5.91 Å². The molecule has 5 rings (SSSR count). The topological polar surface area (TPSA) is 93.3 Å². The normalized spacial score (nSPS) is 11.6. The minimum atomic E-state index is -0.892. The summed E-state index contributed by atoms with van der Waals surface area (Å²) >= 11 is 6.00. The number of fused-ring (bicyclic) bond motifs is 1. The molecule has 1 atom stereocenters. The maximum absolute atomic E-state index is 13.1. The Labute approximate surface area is 230 Å². The number of carbonyl (C=O) groups is 2.